The van der Waals surface area contributed by atoms with Crippen molar-refractivity contribution >= 4 is 24.2 Å². The van der Waals surface area contributed by atoms with Gasteiger partial charge in [0.25, 0.3) is 5.91 Å². The molecule has 1 aromatic carbocycles. The summed E-state index contributed by atoms with van der Waals surface area (Å²) in [6.07, 6.45) is 2.58. The lowest BCUT2D eigenvalue weighted by Crippen LogP contribution is -2.46. The van der Waals surface area contributed by atoms with Crippen LogP contribution in [0.5, 0.6) is 0 Å². The molecule has 1 aliphatic rings. The smallest absolute Gasteiger partial charge is 0.254 e. The molecular weight excluding hydrogens is 352 g/mol. The molecule has 2 rings (SSSR count). The van der Waals surface area contributed by atoms with Gasteiger partial charge in [0.05, 0.1) is 5.56 Å². The second-order valence-corrected chi connectivity index (χ2v) is 6.13. The minimum Gasteiger partial charge on any atom is -0.353 e. The fourth-order valence-corrected chi connectivity index (χ4v) is 2.78. The summed E-state index contributed by atoms with van der Waals surface area (Å²) in [5, 5.41) is 8.85. The second kappa shape index (κ2) is 10.3. The van der Waals surface area contributed by atoms with Crippen LogP contribution < -0.4 is 16.0 Å². The van der Waals surface area contributed by atoms with Crippen LogP contribution in [0.2, 0.25) is 0 Å². The molecule has 3 N–H and O–H groups in total. The normalized spacial score (nSPS) is 19.6. The summed E-state index contributed by atoms with van der Waals surface area (Å²) >= 11 is 0. The number of rotatable bonds is 6. The zero-order valence-corrected chi connectivity index (χ0v) is 14.9. The first-order valence-corrected chi connectivity index (χ1v) is 8.21. The molecule has 2 amide bonds. The van der Waals surface area contributed by atoms with Crippen molar-refractivity contribution < 1.29 is 18.4 Å². The maximum atomic E-state index is 13.5. The highest BCUT2D eigenvalue weighted by Gasteiger charge is 2.19. The van der Waals surface area contributed by atoms with Gasteiger partial charge >= 0.3 is 0 Å². The minimum atomic E-state index is -0.898. The molecule has 1 aliphatic heterocycles. The number of carbonyl (C=O) groups is 2. The number of carbonyl (C=O) groups excluding carboxylic acids is 2. The summed E-state index contributed by atoms with van der Waals surface area (Å²) in [4.78, 5) is 23.7. The molecule has 25 heavy (non-hydrogen) atoms. The van der Waals surface area contributed by atoms with Crippen molar-refractivity contribution in [1.29, 1.82) is 0 Å². The van der Waals surface area contributed by atoms with E-state index >= 15 is 0 Å². The first-order chi connectivity index (χ1) is 11.5. The van der Waals surface area contributed by atoms with Crippen LogP contribution in [-0.4, -0.2) is 37.0 Å². The maximum Gasteiger partial charge on any atom is 0.254 e. The lowest BCUT2D eigenvalue weighted by molar-refractivity contribution is -0.122. The monoisotopic (exact) mass is 375 g/mol. The number of hydrogen-bond donors (Lipinski definition) is 3. The van der Waals surface area contributed by atoms with E-state index in [4.69, 9.17) is 0 Å². The van der Waals surface area contributed by atoms with Gasteiger partial charge in [-0.3, -0.25) is 9.59 Å². The molecular formula is C17H24ClF2N3O2. The molecule has 0 spiro atoms. The van der Waals surface area contributed by atoms with E-state index in [0.29, 0.717) is 24.9 Å². The molecule has 1 fully saturated rings. The third-order valence-electron chi connectivity index (χ3n) is 4.03. The topological polar surface area (TPSA) is 70.2 Å². The first kappa shape index (κ1) is 21.3. The Bertz CT molecular complexity index is 601. The molecule has 5 nitrogen and oxygen atoms in total. The van der Waals surface area contributed by atoms with E-state index in [0.717, 1.165) is 31.5 Å². The van der Waals surface area contributed by atoms with Crippen LogP contribution in [0.1, 0.15) is 43.0 Å². The second-order valence-electron chi connectivity index (χ2n) is 6.13. The van der Waals surface area contributed by atoms with Crippen molar-refractivity contribution in [2.45, 2.75) is 44.7 Å². The van der Waals surface area contributed by atoms with Gasteiger partial charge in [-0.05, 0) is 44.9 Å². The summed E-state index contributed by atoms with van der Waals surface area (Å²) in [7, 11) is 0. The lowest BCUT2D eigenvalue weighted by Gasteiger charge is -2.28. The quantitative estimate of drug-likeness (QED) is 0.667. The van der Waals surface area contributed by atoms with Gasteiger partial charge in [-0.25, -0.2) is 8.78 Å². The summed E-state index contributed by atoms with van der Waals surface area (Å²) in [5.74, 6) is -2.28. The average Bonchev–Trinajstić information content (AvgIpc) is 2.51. The highest BCUT2D eigenvalue weighted by atomic mass is 35.5. The zero-order valence-electron chi connectivity index (χ0n) is 14.1. The van der Waals surface area contributed by atoms with E-state index in [9.17, 15) is 18.4 Å². The van der Waals surface area contributed by atoms with Gasteiger partial charge in [0.2, 0.25) is 5.91 Å². The molecule has 140 valence electrons. The minimum absolute atomic E-state index is 0. The molecule has 1 heterocycles. The Morgan fingerprint density at radius 1 is 1.32 bits per heavy atom. The van der Waals surface area contributed by atoms with Crippen LogP contribution in [0.4, 0.5) is 8.78 Å². The average molecular weight is 376 g/mol. The molecule has 0 aliphatic carbocycles. The zero-order chi connectivity index (χ0) is 17.5. The Kier molecular flexibility index (Phi) is 8.78. The molecule has 0 aromatic heterocycles. The molecule has 2 atom stereocenters. The van der Waals surface area contributed by atoms with Crippen molar-refractivity contribution in [2.75, 3.05) is 13.1 Å². The lowest BCUT2D eigenvalue weighted by atomic mass is 10.0. The largest absolute Gasteiger partial charge is 0.353 e. The van der Waals surface area contributed by atoms with Crippen molar-refractivity contribution in [1.82, 2.24) is 16.0 Å². The van der Waals surface area contributed by atoms with E-state index in [1.807, 2.05) is 0 Å². The third kappa shape index (κ3) is 6.96. The van der Waals surface area contributed by atoms with Crippen LogP contribution in [0.3, 0.4) is 0 Å². The molecule has 8 heteroatoms. The standard InChI is InChI=1S/C17H23F2N3O2.ClH/c1-11-9-13(6-8-20-11)22-16(23)3-2-7-21-17(24)14-5-4-12(18)10-15(14)19;/h4-5,10-11,13,20H,2-3,6-9H2,1H3,(H,21,24)(H,22,23);1H. The number of piperidine rings is 1. The number of benzene rings is 1. The van der Waals surface area contributed by atoms with Gasteiger partial charge < -0.3 is 16.0 Å². The predicted octanol–water partition coefficient (Wildman–Crippen LogP) is 2.15. The van der Waals surface area contributed by atoms with Gasteiger partial charge in [-0.2, -0.15) is 0 Å². The Balaban J connectivity index is 0.00000312. The Labute approximate surface area is 152 Å². The molecule has 0 saturated carbocycles. The fourth-order valence-electron chi connectivity index (χ4n) is 2.78. The Morgan fingerprint density at radius 2 is 2.08 bits per heavy atom. The Hall–Kier alpha value is -1.73. The van der Waals surface area contributed by atoms with E-state index < -0.39 is 17.5 Å². The van der Waals surface area contributed by atoms with Gasteiger partial charge in [0.15, 0.2) is 0 Å². The molecule has 0 radical (unpaired) electrons. The van der Waals surface area contributed by atoms with Crippen LogP contribution in [0, 0.1) is 11.6 Å². The number of amides is 2. The predicted molar refractivity (Wildman–Crippen MR) is 93.8 cm³/mol. The van der Waals surface area contributed by atoms with Gasteiger partial charge in [-0.1, -0.05) is 0 Å². The SMILES string of the molecule is CC1CC(NC(=O)CCCNC(=O)c2ccc(F)cc2F)CCN1.Cl. The van der Waals surface area contributed by atoms with E-state index in [1.54, 1.807) is 0 Å². The molecule has 1 aromatic rings. The summed E-state index contributed by atoms with van der Waals surface area (Å²) in [6, 6.07) is 3.39. The first-order valence-electron chi connectivity index (χ1n) is 8.21. The summed E-state index contributed by atoms with van der Waals surface area (Å²) < 4.78 is 26.3. The van der Waals surface area contributed by atoms with E-state index in [2.05, 4.69) is 22.9 Å². The van der Waals surface area contributed by atoms with Crippen LogP contribution in [0.15, 0.2) is 18.2 Å². The molecule has 1 saturated heterocycles. The highest BCUT2D eigenvalue weighted by Crippen LogP contribution is 2.10. The third-order valence-corrected chi connectivity index (χ3v) is 4.03. The summed E-state index contributed by atoms with van der Waals surface area (Å²) in [5.41, 5.74) is -0.204. The van der Waals surface area contributed by atoms with E-state index in [1.165, 1.54) is 0 Å². The molecule has 0 bridgehead atoms. The van der Waals surface area contributed by atoms with Crippen LogP contribution in [-0.2, 0) is 4.79 Å². The highest BCUT2D eigenvalue weighted by molar-refractivity contribution is 5.94. The van der Waals surface area contributed by atoms with Crippen molar-refractivity contribution in [3.8, 4) is 0 Å². The number of halogens is 3. The maximum absolute atomic E-state index is 13.5. The van der Waals surface area contributed by atoms with E-state index in [-0.39, 0.29) is 36.5 Å². The van der Waals surface area contributed by atoms with Gasteiger partial charge in [0, 0.05) is 31.1 Å². The number of hydrogen-bond acceptors (Lipinski definition) is 3. The molecule has 2 unspecified atom stereocenters. The fraction of sp³-hybridized carbons (Fsp3) is 0.529. The van der Waals surface area contributed by atoms with Crippen LogP contribution >= 0.6 is 12.4 Å². The summed E-state index contributed by atoms with van der Waals surface area (Å²) in [6.45, 7) is 3.24. The van der Waals surface area contributed by atoms with Crippen molar-refractivity contribution in [3.63, 3.8) is 0 Å². The van der Waals surface area contributed by atoms with Crippen molar-refractivity contribution in [3.05, 3.63) is 35.4 Å². The van der Waals surface area contributed by atoms with Crippen LogP contribution in [0.25, 0.3) is 0 Å². The van der Waals surface area contributed by atoms with Gasteiger partial charge in [0.1, 0.15) is 11.6 Å². The van der Waals surface area contributed by atoms with Gasteiger partial charge in [-0.15, -0.1) is 12.4 Å². The number of nitrogens with one attached hydrogen (secondary N) is 3. The Morgan fingerprint density at radius 3 is 2.76 bits per heavy atom. The van der Waals surface area contributed by atoms with Crippen molar-refractivity contribution in [2.24, 2.45) is 0 Å².